The highest BCUT2D eigenvalue weighted by atomic mass is 127. The molecule has 0 aliphatic carbocycles. The van der Waals surface area contributed by atoms with Crippen LogP contribution in [0.3, 0.4) is 0 Å². The van der Waals surface area contributed by atoms with Crippen LogP contribution in [0, 0.1) is 13.8 Å². The highest BCUT2D eigenvalue weighted by Crippen LogP contribution is 2.32. The van der Waals surface area contributed by atoms with E-state index in [4.69, 9.17) is 9.15 Å². The Hall–Kier alpha value is -1.74. The van der Waals surface area contributed by atoms with E-state index in [1.165, 1.54) is 5.56 Å². The lowest BCUT2D eigenvalue weighted by Crippen LogP contribution is -2.41. The molecule has 0 amide bonds. The summed E-state index contributed by atoms with van der Waals surface area (Å²) in [4.78, 5) is 4.62. The van der Waals surface area contributed by atoms with Crippen molar-refractivity contribution in [2.45, 2.75) is 45.6 Å². The standard InChI is InChI=1S/C22H31N3O3.HI/c1-5-23-21(25-14-22(4,26)19-12-15(2)28-16(19)3)24-13-17-10-11-27-20-9-7-6-8-18(17)20;/h6-9,12,17,26H,5,10-11,13-14H2,1-4H3,(H2,23,24,25);1H. The minimum absolute atomic E-state index is 0. The van der Waals surface area contributed by atoms with Gasteiger partial charge in [-0.05, 0) is 51.8 Å². The van der Waals surface area contributed by atoms with Crippen LogP contribution in [0.5, 0.6) is 5.75 Å². The van der Waals surface area contributed by atoms with Crippen LogP contribution in [0.1, 0.15) is 48.8 Å². The van der Waals surface area contributed by atoms with Gasteiger partial charge in [0.05, 0.1) is 13.2 Å². The summed E-state index contributed by atoms with van der Waals surface area (Å²) in [6, 6.07) is 10.1. The van der Waals surface area contributed by atoms with Gasteiger partial charge in [0.25, 0.3) is 0 Å². The Morgan fingerprint density at radius 2 is 2.03 bits per heavy atom. The summed E-state index contributed by atoms with van der Waals surface area (Å²) in [6.07, 6.45) is 0.967. The van der Waals surface area contributed by atoms with Gasteiger partial charge in [-0.25, -0.2) is 4.99 Å². The first-order chi connectivity index (χ1) is 13.4. The Labute approximate surface area is 190 Å². The van der Waals surface area contributed by atoms with Gasteiger partial charge in [-0.1, -0.05) is 18.2 Å². The number of aliphatic hydroxyl groups is 1. The lowest BCUT2D eigenvalue weighted by atomic mass is 9.93. The second-order valence-corrected chi connectivity index (χ2v) is 7.55. The monoisotopic (exact) mass is 513 g/mol. The molecule has 1 aliphatic rings. The summed E-state index contributed by atoms with van der Waals surface area (Å²) in [5.74, 6) is 3.56. The zero-order valence-corrected chi connectivity index (χ0v) is 19.9. The number of fused-ring (bicyclic) bond motifs is 1. The highest BCUT2D eigenvalue weighted by molar-refractivity contribution is 14.0. The average Bonchev–Trinajstić information content (AvgIpc) is 3.03. The molecule has 2 aromatic rings. The molecule has 0 bridgehead atoms. The van der Waals surface area contributed by atoms with E-state index in [1.807, 2.05) is 45.0 Å². The van der Waals surface area contributed by atoms with Crippen LogP contribution in [0.25, 0.3) is 0 Å². The summed E-state index contributed by atoms with van der Waals surface area (Å²) < 4.78 is 11.3. The number of nitrogens with zero attached hydrogens (tertiary/aromatic N) is 1. The van der Waals surface area contributed by atoms with Gasteiger partial charge in [0, 0.05) is 24.6 Å². The maximum atomic E-state index is 10.9. The molecule has 0 saturated carbocycles. The molecule has 160 valence electrons. The SMILES string of the molecule is CCNC(=NCC(C)(O)c1cc(C)oc1C)NCC1CCOc2ccccc21.I. The van der Waals surface area contributed by atoms with E-state index < -0.39 is 5.60 Å². The Morgan fingerprint density at radius 3 is 2.72 bits per heavy atom. The summed E-state index contributed by atoms with van der Waals surface area (Å²) in [7, 11) is 0. The van der Waals surface area contributed by atoms with Gasteiger partial charge in [-0.15, -0.1) is 24.0 Å². The number of aliphatic imine (C=N–C) groups is 1. The third-order valence-electron chi connectivity index (χ3n) is 5.11. The molecule has 0 fully saturated rings. The third kappa shape index (κ3) is 5.88. The van der Waals surface area contributed by atoms with Crippen molar-refractivity contribution >= 4 is 29.9 Å². The van der Waals surface area contributed by atoms with Crippen LogP contribution in [0.4, 0.5) is 0 Å². The lowest BCUT2D eigenvalue weighted by Gasteiger charge is -2.27. The minimum atomic E-state index is -1.09. The van der Waals surface area contributed by atoms with Crippen molar-refractivity contribution in [3.63, 3.8) is 0 Å². The molecule has 1 aromatic carbocycles. The maximum Gasteiger partial charge on any atom is 0.191 e. The second kappa shape index (κ2) is 10.3. The fraction of sp³-hybridized carbons (Fsp3) is 0.500. The quantitative estimate of drug-likeness (QED) is 0.311. The summed E-state index contributed by atoms with van der Waals surface area (Å²) in [5.41, 5.74) is 0.923. The molecule has 7 heteroatoms. The minimum Gasteiger partial charge on any atom is -0.493 e. The molecule has 3 N–H and O–H groups in total. The maximum absolute atomic E-state index is 10.9. The van der Waals surface area contributed by atoms with E-state index in [1.54, 1.807) is 6.92 Å². The number of halogens is 1. The van der Waals surface area contributed by atoms with E-state index in [-0.39, 0.29) is 30.5 Å². The lowest BCUT2D eigenvalue weighted by molar-refractivity contribution is 0.0657. The van der Waals surface area contributed by atoms with Gasteiger partial charge in [-0.3, -0.25) is 0 Å². The molecule has 1 aliphatic heterocycles. The van der Waals surface area contributed by atoms with Crippen LogP contribution in [0.15, 0.2) is 39.7 Å². The number of furan rings is 1. The van der Waals surface area contributed by atoms with Crippen molar-refractivity contribution < 1.29 is 14.3 Å². The van der Waals surface area contributed by atoms with E-state index in [0.29, 0.717) is 11.9 Å². The fourth-order valence-electron chi connectivity index (χ4n) is 3.67. The molecule has 0 spiro atoms. The zero-order valence-electron chi connectivity index (χ0n) is 17.6. The molecule has 0 radical (unpaired) electrons. The number of nitrogens with one attached hydrogen (secondary N) is 2. The van der Waals surface area contributed by atoms with Gasteiger partial charge in [-0.2, -0.15) is 0 Å². The second-order valence-electron chi connectivity index (χ2n) is 7.55. The molecule has 29 heavy (non-hydrogen) atoms. The van der Waals surface area contributed by atoms with Gasteiger partial charge in [0.15, 0.2) is 5.96 Å². The van der Waals surface area contributed by atoms with Crippen LogP contribution in [0.2, 0.25) is 0 Å². The zero-order chi connectivity index (χ0) is 20.1. The predicted molar refractivity (Wildman–Crippen MR) is 126 cm³/mol. The first-order valence-electron chi connectivity index (χ1n) is 9.94. The molecular weight excluding hydrogens is 481 g/mol. The van der Waals surface area contributed by atoms with Gasteiger partial charge < -0.3 is 24.9 Å². The van der Waals surface area contributed by atoms with E-state index in [0.717, 1.165) is 49.0 Å². The number of benzene rings is 1. The van der Waals surface area contributed by atoms with Crippen molar-refractivity contribution in [1.82, 2.24) is 10.6 Å². The van der Waals surface area contributed by atoms with E-state index in [2.05, 4.69) is 21.7 Å². The van der Waals surface area contributed by atoms with E-state index in [9.17, 15) is 5.11 Å². The molecule has 2 heterocycles. The Bertz CT molecular complexity index is 832. The van der Waals surface area contributed by atoms with Crippen molar-refractivity contribution in [1.29, 1.82) is 0 Å². The highest BCUT2D eigenvalue weighted by Gasteiger charge is 2.28. The number of rotatable bonds is 6. The largest absolute Gasteiger partial charge is 0.493 e. The molecular formula is C22H32IN3O3. The number of aryl methyl sites for hydroxylation is 2. The van der Waals surface area contributed by atoms with Crippen molar-refractivity contribution in [2.75, 3.05) is 26.2 Å². The van der Waals surface area contributed by atoms with E-state index >= 15 is 0 Å². The molecule has 3 rings (SSSR count). The summed E-state index contributed by atoms with van der Waals surface area (Å²) >= 11 is 0. The number of para-hydroxylation sites is 1. The topological polar surface area (TPSA) is 79.0 Å². The van der Waals surface area contributed by atoms with Crippen molar-refractivity contribution in [3.8, 4) is 5.75 Å². The Morgan fingerprint density at radius 1 is 1.28 bits per heavy atom. The van der Waals surface area contributed by atoms with Crippen LogP contribution in [-0.4, -0.2) is 37.3 Å². The fourth-order valence-corrected chi connectivity index (χ4v) is 3.67. The Kier molecular flexibility index (Phi) is 8.39. The normalized spacial score (nSPS) is 18.1. The number of guanidine groups is 1. The predicted octanol–water partition coefficient (Wildman–Crippen LogP) is 3.84. The molecule has 1 aromatic heterocycles. The van der Waals surface area contributed by atoms with Gasteiger partial charge in [0.1, 0.15) is 22.9 Å². The average molecular weight is 513 g/mol. The Balaban J connectivity index is 0.00000300. The van der Waals surface area contributed by atoms with Crippen LogP contribution in [-0.2, 0) is 5.60 Å². The summed E-state index contributed by atoms with van der Waals surface area (Å²) in [6.45, 7) is 10.0. The first kappa shape index (κ1) is 23.5. The van der Waals surface area contributed by atoms with Crippen molar-refractivity contribution in [3.05, 3.63) is 53.0 Å². The molecule has 6 nitrogen and oxygen atoms in total. The number of hydrogen-bond acceptors (Lipinski definition) is 4. The molecule has 2 unspecified atom stereocenters. The van der Waals surface area contributed by atoms with Crippen molar-refractivity contribution in [2.24, 2.45) is 4.99 Å². The smallest absolute Gasteiger partial charge is 0.191 e. The van der Waals surface area contributed by atoms with Gasteiger partial charge in [0.2, 0.25) is 0 Å². The van der Waals surface area contributed by atoms with Crippen LogP contribution < -0.4 is 15.4 Å². The molecule has 0 saturated heterocycles. The summed E-state index contributed by atoms with van der Waals surface area (Å²) in [5, 5.41) is 17.6. The number of hydrogen-bond donors (Lipinski definition) is 3. The third-order valence-corrected chi connectivity index (χ3v) is 5.11. The van der Waals surface area contributed by atoms with Gasteiger partial charge >= 0.3 is 0 Å². The first-order valence-corrected chi connectivity index (χ1v) is 9.94. The van der Waals surface area contributed by atoms with Crippen LogP contribution >= 0.6 is 24.0 Å². The molecule has 2 atom stereocenters. The number of ether oxygens (including phenoxy) is 1.